The number of unbranched alkanes of at least 4 members (excludes halogenated alkanes) is 1. The smallest absolute Gasteiger partial charge is 0.0991 e. The van der Waals surface area contributed by atoms with E-state index in [1.54, 1.807) is 0 Å². The zero-order valence-electron chi connectivity index (χ0n) is 11.9. The minimum atomic E-state index is 0.714. The number of anilines is 1. The van der Waals surface area contributed by atoms with Gasteiger partial charge in [0.1, 0.15) is 0 Å². The van der Waals surface area contributed by atoms with Crippen LogP contribution in [0.15, 0.2) is 54.6 Å². The molecule has 0 amide bonds. The van der Waals surface area contributed by atoms with E-state index in [0.717, 1.165) is 13.0 Å². The van der Waals surface area contributed by atoms with Gasteiger partial charge in [0.05, 0.1) is 11.6 Å². The predicted octanol–water partition coefficient (Wildman–Crippen LogP) is 4.02. The van der Waals surface area contributed by atoms with Crippen LogP contribution >= 0.6 is 0 Å². The monoisotopic (exact) mass is 264 g/mol. The summed E-state index contributed by atoms with van der Waals surface area (Å²) in [7, 11) is 2.10. The van der Waals surface area contributed by atoms with Gasteiger partial charge in [0.25, 0.3) is 0 Å². The number of hydrogen-bond acceptors (Lipinski definition) is 2. The zero-order chi connectivity index (χ0) is 14.2. The third kappa shape index (κ3) is 4.13. The van der Waals surface area contributed by atoms with E-state index in [2.05, 4.69) is 48.3 Å². The first kappa shape index (κ1) is 14.1. The SMILES string of the molecule is CN(CCCCc1ccccc1)c1ccc(C#N)cc1. The largest absolute Gasteiger partial charge is 0.375 e. The van der Waals surface area contributed by atoms with E-state index in [4.69, 9.17) is 5.26 Å². The molecule has 2 aromatic rings. The minimum absolute atomic E-state index is 0.714. The van der Waals surface area contributed by atoms with E-state index >= 15 is 0 Å². The summed E-state index contributed by atoms with van der Waals surface area (Å²) in [5, 5.41) is 8.79. The Hall–Kier alpha value is -2.27. The number of aryl methyl sites for hydroxylation is 1. The van der Waals surface area contributed by atoms with E-state index in [-0.39, 0.29) is 0 Å². The lowest BCUT2D eigenvalue weighted by molar-refractivity contribution is 0.719. The van der Waals surface area contributed by atoms with Gasteiger partial charge in [0, 0.05) is 19.3 Å². The Balaban J connectivity index is 1.74. The molecule has 102 valence electrons. The quantitative estimate of drug-likeness (QED) is 0.737. The van der Waals surface area contributed by atoms with Crippen LogP contribution in [0.2, 0.25) is 0 Å². The summed E-state index contributed by atoms with van der Waals surface area (Å²) in [5.41, 5.74) is 3.29. The van der Waals surface area contributed by atoms with Crippen LogP contribution in [-0.2, 0) is 6.42 Å². The van der Waals surface area contributed by atoms with Crippen LogP contribution < -0.4 is 4.90 Å². The van der Waals surface area contributed by atoms with Gasteiger partial charge in [-0.2, -0.15) is 5.26 Å². The Kier molecular flexibility index (Phi) is 5.20. The van der Waals surface area contributed by atoms with Gasteiger partial charge < -0.3 is 4.90 Å². The molecule has 2 rings (SSSR count). The summed E-state index contributed by atoms with van der Waals surface area (Å²) in [4.78, 5) is 2.24. The first-order chi connectivity index (χ1) is 9.79. The Morgan fingerprint density at radius 2 is 1.65 bits per heavy atom. The van der Waals surface area contributed by atoms with Gasteiger partial charge in [0.15, 0.2) is 0 Å². The van der Waals surface area contributed by atoms with Crippen LogP contribution in [0.25, 0.3) is 0 Å². The highest BCUT2D eigenvalue weighted by Crippen LogP contribution is 2.14. The fourth-order valence-electron chi connectivity index (χ4n) is 2.24. The van der Waals surface area contributed by atoms with Gasteiger partial charge in [-0.25, -0.2) is 0 Å². The van der Waals surface area contributed by atoms with E-state index < -0.39 is 0 Å². The van der Waals surface area contributed by atoms with Crippen LogP contribution in [0.5, 0.6) is 0 Å². The van der Waals surface area contributed by atoms with Crippen LogP contribution in [-0.4, -0.2) is 13.6 Å². The lowest BCUT2D eigenvalue weighted by Gasteiger charge is -2.19. The molecule has 0 atom stereocenters. The van der Waals surface area contributed by atoms with Gasteiger partial charge in [-0.1, -0.05) is 30.3 Å². The van der Waals surface area contributed by atoms with Crippen molar-refractivity contribution in [1.29, 1.82) is 5.26 Å². The Morgan fingerprint density at radius 3 is 2.30 bits per heavy atom. The van der Waals surface area contributed by atoms with Gasteiger partial charge in [-0.15, -0.1) is 0 Å². The van der Waals surface area contributed by atoms with E-state index in [1.165, 1.54) is 24.1 Å². The maximum atomic E-state index is 8.79. The molecule has 0 unspecified atom stereocenters. The number of benzene rings is 2. The van der Waals surface area contributed by atoms with Crippen molar-refractivity contribution in [3.63, 3.8) is 0 Å². The Bertz CT molecular complexity index is 552. The fourth-order valence-corrected chi connectivity index (χ4v) is 2.24. The third-order valence-corrected chi connectivity index (χ3v) is 3.49. The molecule has 0 bridgehead atoms. The number of hydrogen-bond donors (Lipinski definition) is 0. The summed E-state index contributed by atoms with van der Waals surface area (Å²) in [6, 6.07) is 20.5. The normalized spacial score (nSPS) is 10.0. The number of nitriles is 1. The molecule has 0 N–H and O–H groups in total. The van der Waals surface area contributed by atoms with Gasteiger partial charge in [-0.3, -0.25) is 0 Å². The van der Waals surface area contributed by atoms with E-state index in [9.17, 15) is 0 Å². The topological polar surface area (TPSA) is 27.0 Å². The molecule has 2 nitrogen and oxygen atoms in total. The highest BCUT2D eigenvalue weighted by atomic mass is 15.1. The second-order valence-corrected chi connectivity index (χ2v) is 5.02. The molecular weight excluding hydrogens is 244 g/mol. The van der Waals surface area contributed by atoms with Crippen molar-refractivity contribution in [1.82, 2.24) is 0 Å². The van der Waals surface area contributed by atoms with E-state index in [1.807, 2.05) is 24.3 Å². The Morgan fingerprint density at radius 1 is 0.950 bits per heavy atom. The molecule has 0 heterocycles. The van der Waals surface area contributed by atoms with Crippen molar-refractivity contribution in [2.75, 3.05) is 18.5 Å². The van der Waals surface area contributed by atoms with E-state index in [0.29, 0.717) is 5.56 Å². The summed E-state index contributed by atoms with van der Waals surface area (Å²) in [6.45, 7) is 1.04. The second kappa shape index (κ2) is 7.35. The number of nitrogens with zero attached hydrogens (tertiary/aromatic N) is 2. The van der Waals surface area contributed by atoms with Crippen molar-refractivity contribution in [2.45, 2.75) is 19.3 Å². The zero-order valence-corrected chi connectivity index (χ0v) is 11.9. The first-order valence-corrected chi connectivity index (χ1v) is 7.05. The predicted molar refractivity (Wildman–Crippen MR) is 83.8 cm³/mol. The van der Waals surface area contributed by atoms with Crippen molar-refractivity contribution in [2.24, 2.45) is 0 Å². The van der Waals surface area contributed by atoms with Crippen LogP contribution in [0.3, 0.4) is 0 Å². The van der Waals surface area contributed by atoms with Crippen molar-refractivity contribution in [3.8, 4) is 6.07 Å². The first-order valence-electron chi connectivity index (χ1n) is 7.05. The van der Waals surface area contributed by atoms with Crippen molar-refractivity contribution in [3.05, 3.63) is 65.7 Å². The van der Waals surface area contributed by atoms with Gasteiger partial charge in [-0.05, 0) is 49.1 Å². The lowest BCUT2D eigenvalue weighted by atomic mass is 10.1. The summed E-state index contributed by atoms with van der Waals surface area (Å²) >= 11 is 0. The molecular formula is C18H20N2. The highest BCUT2D eigenvalue weighted by molar-refractivity contribution is 5.48. The lowest BCUT2D eigenvalue weighted by Crippen LogP contribution is -2.18. The molecule has 0 saturated carbocycles. The summed E-state index contributed by atoms with van der Waals surface area (Å²) in [5.74, 6) is 0. The third-order valence-electron chi connectivity index (χ3n) is 3.49. The van der Waals surface area contributed by atoms with Crippen LogP contribution in [0.4, 0.5) is 5.69 Å². The molecule has 0 saturated heterocycles. The molecule has 0 aliphatic heterocycles. The molecule has 0 fully saturated rings. The molecule has 0 spiro atoms. The molecule has 0 radical (unpaired) electrons. The summed E-state index contributed by atoms with van der Waals surface area (Å²) < 4.78 is 0. The summed E-state index contributed by atoms with van der Waals surface area (Å²) in [6.07, 6.45) is 3.51. The molecule has 2 aromatic carbocycles. The molecule has 20 heavy (non-hydrogen) atoms. The standard InChI is InChI=1S/C18H20N2/c1-20(18-12-10-17(15-19)11-13-18)14-6-5-9-16-7-3-2-4-8-16/h2-4,7-8,10-13H,5-6,9,14H2,1H3. The molecule has 0 aliphatic carbocycles. The Labute approximate surface area is 121 Å². The molecule has 0 aromatic heterocycles. The highest BCUT2D eigenvalue weighted by Gasteiger charge is 2.01. The average molecular weight is 264 g/mol. The van der Waals surface area contributed by atoms with Crippen molar-refractivity contribution < 1.29 is 0 Å². The molecule has 0 aliphatic rings. The van der Waals surface area contributed by atoms with Crippen molar-refractivity contribution >= 4 is 5.69 Å². The maximum absolute atomic E-state index is 8.79. The maximum Gasteiger partial charge on any atom is 0.0991 e. The minimum Gasteiger partial charge on any atom is -0.375 e. The van der Waals surface area contributed by atoms with Crippen LogP contribution in [0.1, 0.15) is 24.0 Å². The van der Waals surface area contributed by atoms with Crippen LogP contribution in [0, 0.1) is 11.3 Å². The molecule has 2 heteroatoms. The fraction of sp³-hybridized carbons (Fsp3) is 0.278. The second-order valence-electron chi connectivity index (χ2n) is 5.02. The number of rotatable bonds is 6. The van der Waals surface area contributed by atoms with Gasteiger partial charge >= 0.3 is 0 Å². The average Bonchev–Trinajstić information content (AvgIpc) is 2.52. The van der Waals surface area contributed by atoms with Gasteiger partial charge in [0.2, 0.25) is 0 Å².